The molecule has 1 aromatic rings. The van der Waals surface area contributed by atoms with Crippen LogP contribution in [0.5, 0.6) is 0 Å². The smallest absolute Gasteiger partial charge is 0.327 e. The zero-order valence-corrected chi connectivity index (χ0v) is 11.2. The monoisotopic (exact) mass is 300 g/mol. The molecule has 0 aliphatic rings. The van der Waals surface area contributed by atoms with Crippen molar-refractivity contribution in [2.75, 3.05) is 5.75 Å². The second-order valence-electron chi connectivity index (χ2n) is 3.86. The third-order valence-corrected chi connectivity index (χ3v) is 3.53. The normalized spacial score (nSPS) is 11.7. The molecule has 108 valence electrons. The fourth-order valence-electron chi connectivity index (χ4n) is 1.38. The first-order valence-electron chi connectivity index (χ1n) is 5.54. The Labute approximate surface area is 118 Å². The minimum atomic E-state index is -1.16. The van der Waals surface area contributed by atoms with Crippen molar-refractivity contribution in [3.05, 3.63) is 35.1 Å². The van der Waals surface area contributed by atoms with Crippen molar-refractivity contribution in [3.63, 3.8) is 0 Å². The van der Waals surface area contributed by atoms with Crippen LogP contribution in [0, 0.1) is 5.82 Å². The maximum Gasteiger partial charge on any atom is 0.327 e. The summed E-state index contributed by atoms with van der Waals surface area (Å²) < 4.78 is 13.6. The number of amides is 2. The highest BCUT2D eigenvalue weighted by Crippen LogP contribution is 2.17. The first kappa shape index (κ1) is 16.0. The van der Waals surface area contributed by atoms with Crippen LogP contribution >= 0.6 is 11.8 Å². The number of carboxylic acid groups (broad SMARTS) is 1. The molecule has 0 saturated heterocycles. The summed E-state index contributed by atoms with van der Waals surface area (Å²) in [7, 11) is 0. The summed E-state index contributed by atoms with van der Waals surface area (Å²) in [5, 5.41) is 10.9. The van der Waals surface area contributed by atoms with Crippen molar-refractivity contribution in [3.8, 4) is 0 Å². The Morgan fingerprint density at radius 3 is 2.70 bits per heavy atom. The topological polar surface area (TPSA) is 109 Å². The van der Waals surface area contributed by atoms with Crippen molar-refractivity contribution < 1.29 is 23.9 Å². The van der Waals surface area contributed by atoms with E-state index < -0.39 is 23.7 Å². The summed E-state index contributed by atoms with van der Waals surface area (Å²) >= 11 is 1.15. The standard InChI is InChI=1S/C12H13FN2O4S/c13-9-3-7(11(14)17)1-2-8(9)4-20-5-10(12(18)19)15-6-16/h1-3,6,10H,4-5H2,(H2,14,17)(H,15,16)(H,18,19). The van der Waals surface area contributed by atoms with Crippen LogP contribution in [0.25, 0.3) is 0 Å². The fourth-order valence-corrected chi connectivity index (χ4v) is 2.42. The lowest BCUT2D eigenvalue weighted by Gasteiger charge is -2.11. The van der Waals surface area contributed by atoms with Gasteiger partial charge in [-0.1, -0.05) is 6.07 Å². The van der Waals surface area contributed by atoms with Gasteiger partial charge in [-0.05, 0) is 17.7 Å². The zero-order valence-electron chi connectivity index (χ0n) is 10.3. The Kier molecular flexibility index (Phi) is 5.98. The van der Waals surface area contributed by atoms with Crippen LogP contribution in [0.3, 0.4) is 0 Å². The third kappa shape index (κ3) is 4.54. The van der Waals surface area contributed by atoms with E-state index in [1.807, 2.05) is 0 Å². The molecule has 1 atom stereocenters. The quantitative estimate of drug-likeness (QED) is 0.600. The van der Waals surface area contributed by atoms with E-state index in [0.717, 1.165) is 17.8 Å². The van der Waals surface area contributed by atoms with E-state index in [4.69, 9.17) is 10.8 Å². The SMILES string of the molecule is NC(=O)c1ccc(CSCC(NC=O)C(=O)O)c(F)c1. The molecule has 0 saturated carbocycles. The Morgan fingerprint density at radius 2 is 2.20 bits per heavy atom. The van der Waals surface area contributed by atoms with Crippen LogP contribution in [-0.2, 0) is 15.3 Å². The molecule has 0 fully saturated rings. The molecule has 8 heteroatoms. The first-order chi connectivity index (χ1) is 9.45. The molecule has 0 heterocycles. The summed E-state index contributed by atoms with van der Waals surface area (Å²) in [6.07, 6.45) is 0.307. The predicted octanol–water partition coefficient (Wildman–Crippen LogP) is 0.357. The maximum atomic E-state index is 13.6. The number of hydrogen-bond acceptors (Lipinski definition) is 4. The van der Waals surface area contributed by atoms with Gasteiger partial charge in [-0.2, -0.15) is 11.8 Å². The second kappa shape index (κ2) is 7.49. The molecular weight excluding hydrogens is 287 g/mol. The molecule has 1 rings (SSSR count). The van der Waals surface area contributed by atoms with Crippen molar-refractivity contribution in [2.24, 2.45) is 5.73 Å². The van der Waals surface area contributed by atoms with Gasteiger partial charge < -0.3 is 16.2 Å². The van der Waals surface area contributed by atoms with Crippen molar-refractivity contribution >= 4 is 30.0 Å². The number of benzene rings is 1. The van der Waals surface area contributed by atoms with Gasteiger partial charge in [-0.25, -0.2) is 9.18 Å². The van der Waals surface area contributed by atoms with E-state index >= 15 is 0 Å². The summed E-state index contributed by atoms with van der Waals surface area (Å²) in [6, 6.07) is 2.84. The third-order valence-electron chi connectivity index (χ3n) is 2.45. The highest BCUT2D eigenvalue weighted by Gasteiger charge is 2.16. The lowest BCUT2D eigenvalue weighted by atomic mass is 10.1. The highest BCUT2D eigenvalue weighted by atomic mass is 32.2. The molecule has 0 radical (unpaired) electrons. The number of thioether (sulfide) groups is 1. The summed E-state index contributed by atoms with van der Waals surface area (Å²) in [5.74, 6) is -2.14. The van der Waals surface area contributed by atoms with Crippen LogP contribution in [-0.4, -0.2) is 35.2 Å². The van der Waals surface area contributed by atoms with Crippen molar-refractivity contribution in [1.29, 1.82) is 0 Å². The summed E-state index contributed by atoms with van der Waals surface area (Å²) in [4.78, 5) is 31.8. The lowest BCUT2D eigenvalue weighted by Crippen LogP contribution is -2.37. The number of carbonyl (C=O) groups is 3. The molecule has 1 unspecified atom stereocenters. The minimum absolute atomic E-state index is 0.0716. The van der Waals surface area contributed by atoms with Crippen LogP contribution < -0.4 is 11.1 Å². The number of hydrogen-bond donors (Lipinski definition) is 3. The number of nitrogens with two attached hydrogens (primary N) is 1. The van der Waals surface area contributed by atoms with E-state index in [-0.39, 0.29) is 17.1 Å². The second-order valence-corrected chi connectivity index (χ2v) is 4.89. The Bertz CT molecular complexity index is 524. The van der Waals surface area contributed by atoms with E-state index in [1.54, 1.807) is 0 Å². The Hall–Kier alpha value is -2.09. The Balaban J connectivity index is 2.59. The van der Waals surface area contributed by atoms with E-state index in [9.17, 15) is 18.8 Å². The fraction of sp³-hybridized carbons (Fsp3) is 0.250. The first-order valence-corrected chi connectivity index (χ1v) is 6.69. The largest absolute Gasteiger partial charge is 0.480 e. The number of nitrogens with one attached hydrogen (secondary N) is 1. The van der Waals surface area contributed by atoms with E-state index in [2.05, 4.69) is 5.32 Å². The molecule has 0 aliphatic heterocycles. The minimum Gasteiger partial charge on any atom is -0.480 e. The molecule has 0 spiro atoms. The highest BCUT2D eigenvalue weighted by molar-refractivity contribution is 7.98. The van der Waals surface area contributed by atoms with Gasteiger partial charge >= 0.3 is 5.97 Å². The van der Waals surface area contributed by atoms with Gasteiger partial charge in [0.15, 0.2) is 0 Å². The number of primary amides is 1. The van der Waals surface area contributed by atoms with Gasteiger partial charge in [0.05, 0.1) is 0 Å². The van der Waals surface area contributed by atoms with Crippen LogP contribution in [0.4, 0.5) is 4.39 Å². The average Bonchev–Trinajstić information content (AvgIpc) is 2.39. The van der Waals surface area contributed by atoms with Gasteiger partial charge in [-0.3, -0.25) is 9.59 Å². The number of carboxylic acids is 1. The van der Waals surface area contributed by atoms with Crippen LogP contribution in [0.2, 0.25) is 0 Å². The van der Waals surface area contributed by atoms with Gasteiger partial charge in [0.1, 0.15) is 11.9 Å². The molecule has 2 amide bonds. The molecule has 0 aliphatic carbocycles. The maximum absolute atomic E-state index is 13.6. The van der Waals surface area contributed by atoms with Crippen LogP contribution in [0.1, 0.15) is 15.9 Å². The van der Waals surface area contributed by atoms with E-state index in [1.165, 1.54) is 12.1 Å². The molecule has 20 heavy (non-hydrogen) atoms. The van der Waals surface area contributed by atoms with Crippen molar-refractivity contribution in [1.82, 2.24) is 5.32 Å². The van der Waals surface area contributed by atoms with Gasteiger partial charge in [0, 0.05) is 17.1 Å². The molecule has 0 aromatic heterocycles. The van der Waals surface area contributed by atoms with Gasteiger partial charge in [0.25, 0.3) is 0 Å². The van der Waals surface area contributed by atoms with Crippen LogP contribution in [0.15, 0.2) is 18.2 Å². The molecular formula is C12H13FN2O4S. The van der Waals surface area contributed by atoms with Gasteiger partial charge in [-0.15, -0.1) is 0 Å². The Morgan fingerprint density at radius 1 is 1.50 bits per heavy atom. The number of carbonyl (C=O) groups excluding carboxylic acids is 2. The van der Waals surface area contributed by atoms with Crippen molar-refractivity contribution in [2.45, 2.75) is 11.8 Å². The predicted molar refractivity (Wildman–Crippen MR) is 71.7 cm³/mol. The molecule has 4 N–H and O–H groups in total. The summed E-state index contributed by atoms with van der Waals surface area (Å²) in [6.45, 7) is 0. The molecule has 1 aromatic carbocycles. The number of rotatable bonds is 8. The van der Waals surface area contributed by atoms with E-state index in [0.29, 0.717) is 12.0 Å². The zero-order chi connectivity index (χ0) is 15.1. The number of aliphatic carboxylic acids is 1. The number of halogens is 1. The molecule has 6 nitrogen and oxygen atoms in total. The average molecular weight is 300 g/mol. The summed E-state index contributed by atoms with van der Waals surface area (Å²) in [5.41, 5.74) is 5.42. The van der Waals surface area contributed by atoms with Gasteiger partial charge in [0.2, 0.25) is 12.3 Å². The lowest BCUT2D eigenvalue weighted by molar-refractivity contribution is -0.139. The molecule has 0 bridgehead atoms.